The molecule has 0 atom stereocenters. The lowest BCUT2D eigenvalue weighted by Crippen LogP contribution is -2.23. The van der Waals surface area contributed by atoms with Crippen molar-refractivity contribution in [3.8, 4) is 0 Å². The van der Waals surface area contributed by atoms with Crippen LogP contribution in [0, 0.1) is 5.41 Å². The maximum absolute atomic E-state index is 11.5. The van der Waals surface area contributed by atoms with Gasteiger partial charge in [-0.2, -0.15) is 0 Å². The van der Waals surface area contributed by atoms with Gasteiger partial charge < -0.3 is 4.74 Å². The fourth-order valence-corrected chi connectivity index (χ4v) is 0.853. The topological polar surface area (TPSA) is 43.4 Å². The minimum atomic E-state index is -0.319. The quantitative estimate of drug-likeness (QED) is 0.616. The molecule has 0 aliphatic heterocycles. The van der Waals surface area contributed by atoms with Gasteiger partial charge in [0.15, 0.2) is 0 Å². The predicted octanol–water partition coefficient (Wildman–Crippen LogP) is 1.94. The normalized spacial score (nSPS) is 11.1. The SMILES string of the molecule is CCC(C)(C)C(=O)CCC(=O)OC. The maximum atomic E-state index is 11.5. The largest absolute Gasteiger partial charge is 0.469 e. The molecule has 0 fully saturated rings. The fraction of sp³-hybridized carbons (Fsp3) is 0.800. The Kier molecular flexibility index (Phi) is 4.67. The first kappa shape index (κ1) is 12.1. The Bertz CT molecular complexity index is 194. The Morgan fingerprint density at radius 3 is 2.15 bits per heavy atom. The van der Waals surface area contributed by atoms with Crippen molar-refractivity contribution in [2.75, 3.05) is 7.11 Å². The minimum Gasteiger partial charge on any atom is -0.469 e. The molecule has 0 aliphatic carbocycles. The molecule has 0 heterocycles. The number of esters is 1. The first-order chi connectivity index (χ1) is 5.94. The molecular formula is C10H18O3. The number of hydrogen-bond acceptors (Lipinski definition) is 3. The summed E-state index contributed by atoms with van der Waals surface area (Å²) >= 11 is 0. The number of methoxy groups -OCH3 is 1. The lowest BCUT2D eigenvalue weighted by Gasteiger charge is -2.20. The smallest absolute Gasteiger partial charge is 0.305 e. The second kappa shape index (κ2) is 5.00. The molecule has 13 heavy (non-hydrogen) atoms. The number of rotatable bonds is 5. The summed E-state index contributed by atoms with van der Waals surface area (Å²) in [6.07, 6.45) is 1.28. The maximum Gasteiger partial charge on any atom is 0.305 e. The van der Waals surface area contributed by atoms with Crippen molar-refractivity contribution >= 4 is 11.8 Å². The van der Waals surface area contributed by atoms with Crippen LogP contribution in [0.1, 0.15) is 40.0 Å². The lowest BCUT2D eigenvalue weighted by atomic mass is 9.83. The monoisotopic (exact) mass is 186 g/mol. The van der Waals surface area contributed by atoms with E-state index in [0.717, 1.165) is 6.42 Å². The molecule has 0 aromatic carbocycles. The van der Waals surface area contributed by atoms with Gasteiger partial charge in [0.1, 0.15) is 5.78 Å². The summed E-state index contributed by atoms with van der Waals surface area (Å²) < 4.78 is 4.46. The Balaban J connectivity index is 3.95. The number of Topliss-reactive ketones (excluding diaryl/α,β-unsaturated/α-hetero) is 1. The van der Waals surface area contributed by atoms with Gasteiger partial charge >= 0.3 is 5.97 Å². The predicted molar refractivity (Wildman–Crippen MR) is 50.3 cm³/mol. The molecular weight excluding hydrogens is 168 g/mol. The van der Waals surface area contributed by atoms with Gasteiger partial charge in [0.05, 0.1) is 13.5 Å². The van der Waals surface area contributed by atoms with Crippen LogP contribution in [0.3, 0.4) is 0 Å². The van der Waals surface area contributed by atoms with Crippen molar-refractivity contribution in [2.45, 2.75) is 40.0 Å². The van der Waals surface area contributed by atoms with E-state index in [0.29, 0.717) is 0 Å². The summed E-state index contributed by atoms with van der Waals surface area (Å²) in [5.41, 5.74) is -0.311. The number of carbonyl (C=O) groups excluding carboxylic acids is 2. The zero-order chi connectivity index (χ0) is 10.5. The summed E-state index contributed by atoms with van der Waals surface area (Å²) in [5.74, 6) is -0.194. The van der Waals surface area contributed by atoms with Gasteiger partial charge in [-0.1, -0.05) is 20.8 Å². The summed E-state index contributed by atoms with van der Waals surface area (Å²) in [5, 5.41) is 0. The molecule has 0 aliphatic rings. The standard InChI is InChI=1S/C10H18O3/c1-5-10(2,3)8(11)6-7-9(12)13-4/h5-7H2,1-4H3. The van der Waals surface area contributed by atoms with Gasteiger partial charge in [0.25, 0.3) is 0 Å². The molecule has 0 amide bonds. The van der Waals surface area contributed by atoms with E-state index in [9.17, 15) is 9.59 Å². The lowest BCUT2D eigenvalue weighted by molar-refractivity contribution is -0.142. The first-order valence-electron chi connectivity index (χ1n) is 4.54. The van der Waals surface area contributed by atoms with E-state index in [1.165, 1.54) is 7.11 Å². The van der Waals surface area contributed by atoms with Crippen molar-refractivity contribution < 1.29 is 14.3 Å². The number of hydrogen-bond donors (Lipinski definition) is 0. The van der Waals surface area contributed by atoms with E-state index in [4.69, 9.17) is 0 Å². The Morgan fingerprint density at radius 2 is 1.77 bits per heavy atom. The molecule has 3 heteroatoms. The van der Waals surface area contributed by atoms with Crippen LogP contribution in [-0.2, 0) is 14.3 Å². The summed E-state index contributed by atoms with van der Waals surface area (Å²) in [6.45, 7) is 5.76. The Morgan fingerprint density at radius 1 is 1.23 bits per heavy atom. The van der Waals surface area contributed by atoms with E-state index >= 15 is 0 Å². The van der Waals surface area contributed by atoms with E-state index in [-0.39, 0.29) is 30.0 Å². The van der Waals surface area contributed by atoms with Gasteiger partial charge in [-0.15, -0.1) is 0 Å². The van der Waals surface area contributed by atoms with E-state index in [1.807, 2.05) is 20.8 Å². The second-order valence-corrected chi connectivity index (χ2v) is 3.74. The molecule has 0 aromatic rings. The molecule has 0 unspecified atom stereocenters. The van der Waals surface area contributed by atoms with Crippen molar-refractivity contribution in [2.24, 2.45) is 5.41 Å². The van der Waals surface area contributed by atoms with E-state index in [1.54, 1.807) is 0 Å². The van der Waals surface area contributed by atoms with Crippen LogP contribution in [0.25, 0.3) is 0 Å². The van der Waals surface area contributed by atoms with Crippen LogP contribution in [0.15, 0.2) is 0 Å². The van der Waals surface area contributed by atoms with Crippen LogP contribution in [-0.4, -0.2) is 18.9 Å². The highest BCUT2D eigenvalue weighted by atomic mass is 16.5. The van der Waals surface area contributed by atoms with Crippen LogP contribution in [0.2, 0.25) is 0 Å². The zero-order valence-corrected chi connectivity index (χ0v) is 8.85. The van der Waals surface area contributed by atoms with Crippen molar-refractivity contribution in [1.29, 1.82) is 0 Å². The van der Waals surface area contributed by atoms with Crippen LogP contribution in [0.5, 0.6) is 0 Å². The molecule has 76 valence electrons. The van der Waals surface area contributed by atoms with Gasteiger partial charge in [0, 0.05) is 11.8 Å². The van der Waals surface area contributed by atoms with Gasteiger partial charge in [-0.05, 0) is 6.42 Å². The van der Waals surface area contributed by atoms with Gasteiger partial charge in [-0.25, -0.2) is 0 Å². The molecule has 0 saturated carbocycles. The molecule has 0 N–H and O–H groups in total. The van der Waals surface area contributed by atoms with Gasteiger partial charge in [-0.3, -0.25) is 9.59 Å². The van der Waals surface area contributed by atoms with E-state index < -0.39 is 0 Å². The molecule has 0 radical (unpaired) electrons. The third kappa shape index (κ3) is 4.06. The average molecular weight is 186 g/mol. The summed E-state index contributed by atoms with van der Waals surface area (Å²) in [7, 11) is 1.33. The Labute approximate surface area is 79.5 Å². The fourth-order valence-electron chi connectivity index (χ4n) is 0.853. The highest BCUT2D eigenvalue weighted by molar-refractivity contribution is 5.87. The molecule has 0 spiro atoms. The summed E-state index contributed by atoms with van der Waals surface area (Å²) in [6, 6.07) is 0. The second-order valence-electron chi connectivity index (χ2n) is 3.74. The highest BCUT2D eigenvalue weighted by Crippen LogP contribution is 2.23. The average Bonchev–Trinajstić information content (AvgIpc) is 2.13. The molecule has 0 rings (SSSR count). The first-order valence-corrected chi connectivity index (χ1v) is 4.54. The van der Waals surface area contributed by atoms with Crippen LogP contribution in [0.4, 0.5) is 0 Å². The zero-order valence-electron chi connectivity index (χ0n) is 8.85. The van der Waals surface area contributed by atoms with E-state index in [2.05, 4.69) is 4.74 Å². The molecule has 0 saturated heterocycles. The third-order valence-electron chi connectivity index (χ3n) is 2.42. The number of ether oxygens (including phenoxy) is 1. The number of ketones is 1. The Hall–Kier alpha value is -0.860. The minimum absolute atomic E-state index is 0.125. The molecule has 3 nitrogen and oxygen atoms in total. The van der Waals surface area contributed by atoms with Gasteiger partial charge in [0.2, 0.25) is 0 Å². The van der Waals surface area contributed by atoms with Crippen molar-refractivity contribution in [3.63, 3.8) is 0 Å². The molecule has 0 aromatic heterocycles. The third-order valence-corrected chi connectivity index (χ3v) is 2.42. The highest BCUT2D eigenvalue weighted by Gasteiger charge is 2.25. The van der Waals surface area contributed by atoms with Crippen LogP contribution < -0.4 is 0 Å². The summed E-state index contributed by atoms with van der Waals surface area (Å²) in [4.78, 5) is 22.3. The van der Waals surface area contributed by atoms with Crippen molar-refractivity contribution in [3.05, 3.63) is 0 Å². The van der Waals surface area contributed by atoms with Crippen molar-refractivity contribution in [1.82, 2.24) is 0 Å². The number of carbonyl (C=O) groups is 2. The van der Waals surface area contributed by atoms with Crippen LogP contribution >= 0.6 is 0 Å². The molecule has 0 bridgehead atoms.